The molecule has 152 valence electrons. The van der Waals surface area contributed by atoms with E-state index in [1.165, 1.54) is 25.7 Å². The van der Waals surface area contributed by atoms with Crippen molar-refractivity contribution in [3.63, 3.8) is 0 Å². The summed E-state index contributed by atoms with van der Waals surface area (Å²) >= 11 is 0. The molecule has 1 aliphatic rings. The number of benzene rings is 2. The standard InChI is InChI=1S/C22H28N2O3.ClH/c1-16-7-10-19(11-8-16)24-22(25)15-27-20-12-9-17(13-21(20)26-2)14-23-18-5-3-4-6-18;/h7-13,18,23H,3-6,14-15H2,1-2H3,(H,24,25);1H. The predicted octanol–water partition coefficient (Wildman–Crippen LogP) is 4.48. The first-order valence-corrected chi connectivity index (χ1v) is 9.53. The summed E-state index contributed by atoms with van der Waals surface area (Å²) in [5.41, 5.74) is 3.06. The molecule has 1 aliphatic carbocycles. The van der Waals surface area contributed by atoms with Crippen LogP contribution in [0.3, 0.4) is 0 Å². The van der Waals surface area contributed by atoms with Gasteiger partial charge < -0.3 is 20.1 Å². The van der Waals surface area contributed by atoms with Crippen molar-refractivity contribution >= 4 is 24.0 Å². The van der Waals surface area contributed by atoms with Gasteiger partial charge in [-0.1, -0.05) is 36.6 Å². The quantitative estimate of drug-likeness (QED) is 0.681. The lowest BCUT2D eigenvalue weighted by molar-refractivity contribution is -0.118. The topological polar surface area (TPSA) is 59.6 Å². The van der Waals surface area contributed by atoms with Crippen LogP contribution in [0.4, 0.5) is 5.69 Å². The van der Waals surface area contributed by atoms with Crippen molar-refractivity contribution < 1.29 is 14.3 Å². The van der Waals surface area contributed by atoms with Crippen LogP contribution in [0.2, 0.25) is 0 Å². The molecule has 1 saturated carbocycles. The van der Waals surface area contributed by atoms with Crippen molar-refractivity contribution in [1.29, 1.82) is 0 Å². The molecule has 1 fully saturated rings. The van der Waals surface area contributed by atoms with Crippen LogP contribution in [-0.2, 0) is 11.3 Å². The molecule has 1 amide bonds. The van der Waals surface area contributed by atoms with Gasteiger partial charge >= 0.3 is 0 Å². The Morgan fingerprint density at radius 2 is 1.79 bits per heavy atom. The van der Waals surface area contributed by atoms with E-state index >= 15 is 0 Å². The molecule has 0 unspecified atom stereocenters. The molecule has 5 nitrogen and oxygen atoms in total. The Hall–Kier alpha value is -2.24. The lowest BCUT2D eigenvalue weighted by atomic mass is 10.1. The third-order valence-corrected chi connectivity index (χ3v) is 4.87. The molecular weight excluding hydrogens is 376 g/mol. The van der Waals surface area contributed by atoms with Gasteiger partial charge in [0.2, 0.25) is 0 Å². The Kier molecular flexibility index (Phi) is 8.61. The third-order valence-electron chi connectivity index (χ3n) is 4.87. The molecular formula is C22H29ClN2O3. The summed E-state index contributed by atoms with van der Waals surface area (Å²) in [5.74, 6) is 1.01. The van der Waals surface area contributed by atoms with E-state index in [0.29, 0.717) is 17.5 Å². The van der Waals surface area contributed by atoms with Crippen LogP contribution in [0.1, 0.15) is 36.8 Å². The summed E-state index contributed by atoms with van der Waals surface area (Å²) in [5, 5.41) is 6.41. The number of rotatable bonds is 8. The molecule has 0 aliphatic heterocycles. The van der Waals surface area contributed by atoms with Crippen molar-refractivity contribution in [1.82, 2.24) is 5.32 Å². The summed E-state index contributed by atoms with van der Waals surface area (Å²) in [6.07, 6.45) is 5.15. The summed E-state index contributed by atoms with van der Waals surface area (Å²) in [6.45, 7) is 2.76. The van der Waals surface area contributed by atoms with Gasteiger partial charge in [-0.15, -0.1) is 12.4 Å². The Bertz CT molecular complexity index is 759. The summed E-state index contributed by atoms with van der Waals surface area (Å²) < 4.78 is 11.1. The fourth-order valence-corrected chi connectivity index (χ4v) is 3.31. The Labute approximate surface area is 173 Å². The second-order valence-electron chi connectivity index (χ2n) is 7.05. The Balaban J connectivity index is 0.00000280. The van der Waals surface area contributed by atoms with E-state index in [0.717, 1.165) is 23.4 Å². The second kappa shape index (κ2) is 10.9. The number of hydrogen-bond acceptors (Lipinski definition) is 4. The first kappa shape index (κ1) is 22.1. The third kappa shape index (κ3) is 6.43. The van der Waals surface area contributed by atoms with E-state index in [4.69, 9.17) is 9.47 Å². The van der Waals surface area contributed by atoms with Crippen LogP contribution in [-0.4, -0.2) is 25.7 Å². The summed E-state index contributed by atoms with van der Waals surface area (Å²) in [7, 11) is 1.61. The molecule has 2 aromatic rings. The molecule has 6 heteroatoms. The van der Waals surface area contributed by atoms with Gasteiger partial charge in [-0.3, -0.25) is 4.79 Å². The van der Waals surface area contributed by atoms with Crippen LogP contribution in [0.15, 0.2) is 42.5 Å². The average molecular weight is 405 g/mol. The second-order valence-corrected chi connectivity index (χ2v) is 7.05. The van der Waals surface area contributed by atoms with Gasteiger partial charge in [0.25, 0.3) is 5.91 Å². The van der Waals surface area contributed by atoms with E-state index in [9.17, 15) is 4.79 Å². The number of carbonyl (C=O) groups is 1. The zero-order chi connectivity index (χ0) is 19.1. The van der Waals surface area contributed by atoms with Gasteiger partial charge in [0, 0.05) is 18.3 Å². The minimum absolute atomic E-state index is 0. The van der Waals surface area contributed by atoms with Gasteiger partial charge in [0.15, 0.2) is 18.1 Å². The average Bonchev–Trinajstić information content (AvgIpc) is 3.20. The first-order chi connectivity index (χ1) is 13.1. The molecule has 0 bridgehead atoms. The smallest absolute Gasteiger partial charge is 0.262 e. The van der Waals surface area contributed by atoms with Gasteiger partial charge in [0.05, 0.1) is 7.11 Å². The first-order valence-electron chi connectivity index (χ1n) is 9.53. The van der Waals surface area contributed by atoms with Crippen LogP contribution in [0.5, 0.6) is 11.5 Å². The monoisotopic (exact) mass is 404 g/mol. The number of methoxy groups -OCH3 is 1. The minimum Gasteiger partial charge on any atom is -0.493 e. The van der Waals surface area contributed by atoms with E-state index in [-0.39, 0.29) is 24.9 Å². The molecule has 0 atom stereocenters. The zero-order valence-corrected chi connectivity index (χ0v) is 17.3. The highest BCUT2D eigenvalue weighted by Gasteiger charge is 2.14. The predicted molar refractivity (Wildman–Crippen MR) is 115 cm³/mol. The maximum atomic E-state index is 12.1. The highest BCUT2D eigenvalue weighted by atomic mass is 35.5. The molecule has 2 aromatic carbocycles. The molecule has 0 heterocycles. The summed E-state index contributed by atoms with van der Waals surface area (Å²) in [6, 6.07) is 14.1. The van der Waals surface area contributed by atoms with Gasteiger partial charge in [-0.05, 0) is 49.6 Å². The number of aryl methyl sites for hydroxylation is 1. The fourth-order valence-electron chi connectivity index (χ4n) is 3.31. The van der Waals surface area contributed by atoms with E-state index in [2.05, 4.69) is 10.6 Å². The van der Waals surface area contributed by atoms with Crippen LogP contribution in [0, 0.1) is 6.92 Å². The van der Waals surface area contributed by atoms with E-state index < -0.39 is 0 Å². The maximum absolute atomic E-state index is 12.1. The summed E-state index contributed by atoms with van der Waals surface area (Å²) in [4.78, 5) is 12.1. The van der Waals surface area contributed by atoms with Crippen molar-refractivity contribution in [3.8, 4) is 11.5 Å². The zero-order valence-electron chi connectivity index (χ0n) is 16.5. The Morgan fingerprint density at radius 1 is 1.07 bits per heavy atom. The van der Waals surface area contributed by atoms with Gasteiger partial charge in [0.1, 0.15) is 0 Å². The number of anilines is 1. The van der Waals surface area contributed by atoms with Crippen LogP contribution < -0.4 is 20.1 Å². The maximum Gasteiger partial charge on any atom is 0.262 e. The molecule has 0 spiro atoms. The number of nitrogens with one attached hydrogen (secondary N) is 2. The van der Waals surface area contributed by atoms with Crippen molar-refractivity contribution in [2.45, 2.75) is 45.2 Å². The number of amides is 1. The normalized spacial score (nSPS) is 13.6. The lowest BCUT2D eigenvalue weighted by Gasteiger charge is -2.15. The van der Waals surface area contributed by atoms with E-state index in [1.807, 2.05) is 49.4 Å². The molecule has 28 heavy (non-hydrogen) atoms. The molecule has 0 saturated heterocycles. The lowest BCUT2D eigenvalue weighted by Crippen LogP contribution is -2.25. The van der Waals surface area contributed by atoms with Crippen molar-refractivity contribution in [2.24, 2.45) is 0 Å². The van der Waals surface area contributed by atoms with Crippen LogP contribution >= 0.6 is 12.4 Å². The largest absolute Gasteiger partial charge is 0.493 e. The minimum atomic E-state index is -0.201. The number of hydrogen-bond donors (Lipinski definition) is 2. The molecule has 2 N–H and O–H groups in total. The van der Waals surface area contributed by atoms with Crippen molar-refractivity contribution in [2.75, 3.05) is 19.0 Å². The SMILES string of the molecule is COc1cc(CNC2CCCC2)ccc1OCC(=O)Nc1ccc(C)cc1.Cl. The Morgan fingerprint density at radius 3 is 2.46 bits per heavy atom. The van der Waals surface area contributed by atoms with Gasteiger partial charge in [-0.2, -0.15) is 0 Å². The number of ether oxygens (including phenoxy) is 2. The number of carbonyl (C=O) groups excluding carboxylic acids is 1. The van der Waals surface area contributed by atoms with E-state index in [1.54, 1.807) is 7.11 Å². The number of halogens is 1. The van der Waals surface area contributed by atoms with Gasteiger partial charge in [-0.25, -0.2) is 0 Å². The fraction of sp³-hybridized carbons (Fsp3) is 0.409. The van der Waals surface area contributed by atoms with Crippen LogP contribution in [0.25, 0.3) is 0 Å². The van der Waals surface area contributed by atoms with Crippen molar-refractivity contribution in [3.05, 3.63) is 53.6 Å². The highest BCUT2D eigenvalue weighted by molar-refractivity contribution is 5.91. The highest BCUT2D eigenvalue weighted by Crippen LogP contribution is 2.28. The molecule has 0 aromatic heterocycles. The molecule has 3 rings (SSSR count). The molecule has 0 radical (unpaired) electrons.